The fourth-order valence-corrected chi connectivity index (χ4v) is 4.34. The van der Waals surface area contributed by atoms with E-state index in [2.05, 4.69) is 6.92 Å². The Hall–Kier alpha value is -1.82. The Bertz CT molecular complexity index is 825. The van der Waals surface area contributed by atoms with Crippen LogP contribution in [0.4, 0.5) is 0 Å². The predicted octanol–water partition coefficient (Wildman–Crippen LogP) is 3.86. The van der Waals surface area contributed by atoms with Crippen molar-refractivity contribution in [2.75, 3.05) is 18.8 Å². The van der Waals surface area contributed by atoms with E-state index < -0.39 is 0 Å². The molecule has 0 unspecified atom stereocenters. The average molecular weight is 374 g/mol. The van der Waals surface area contributed by atoms with E-state index in [0.717, 1.165) is 32.4 Å². The quantitative estimate of drug-likeness (QED) is 0.590. The molecule has 1 aliphatic rings. The van der Waals surface area contributed by atoms with Gasteiger partial charge < -0.3 is 4.90 Å². The molecule has 1 atom stereocenters. The molecule has 0 N–H and O–H groups in total. The van der Waals surface area contributed by atoms with Gasteiger partial charge in [0.15, 0.2) is 5.16 Å². The van der Waals surface area contributed by atoms with E-state index in [1.54, 1.807) is 4.57 Å². The number of hydrogen-bond acceptors (Lipinski definition) is 4. The maximum absolute atomic E-state index is 13.0. The predicted molar refractivity (Wildman–Crippen MR) is 107 cm³/mol. The van der Waals surface area contributed by atoms with E-state index in [9.17, 15) is 9.59 Å². The van der Waals surface area contributed by atoms with Crippen molar-refractivity contribution >= 4 is 28.6 Å². The Labute approximate surface area is 158 Å². The van der Waals surface area contributed by atoms with Crippen LogP contribution in [0.2, 0.25) is 0 Å². The van der Waals surface area contributed by atoms with Gasteiger partial charge in [-0.15, -0.1) is 0 Å². The summed E-state index contributed by atoms with van der Waals surface area (Å²) < 4.78 is 1.75. The Morgan fingerprint density at radius 2 is 1.88 bits per heavy atom. The summed E-state index contributed by atoms with van der Waals surface area (Å²) in [6.07, 6.45) is 5.42. The second-order valence-electron chi connectivity index (χ2n) is 6.93. The number of amides is 1. The van der Waals surface area contributed by atoms with Crippen molar-refractivity contribution in [3.8, 4) is 0 Å². The molecule has 0 radical (unpaired) electrons. The standard InChI is InChI=1S/C20H27N3O2S/c1-3-15(2)23-19(25)16-10-6-7-11-17(16)21-20(23)26-14-18(24)22-12-8-4-5-9-13-22/h6-7,10-11,15H,3-5,8-9,12-14H2,1-2H3/t15-/m0/s1. The maximum atomic E-state index is 13.0. The third-order valence-corrected chi connectivity index (χ3v) is 6.03. The fourth-order valence-electron chi connectivity index (χ4n) is 3.34. The van der Waals surface area contributed by atoms with Crippen molar-refractivity contribution < 1.29 is 4.79 Å². The molecule has 6 heteroatoms. The number of para-hydroxylation sites is 1. The van der Waals surface area contributed by atoms with Gasteiger partial charge in [0.05, 0.1) is 16.7 Å². The van der Waals surface area contributed by atoms with Gasteiger partial charge in [-0.2, -0.15) is 0 Å². The smallest absolute Gasteiger partial charge is 0.262 e. The number of hydrogen-bond donors (Lipinski definition) is 0. The summed E-state index contributed by atoms with van der Waals surface area (Å²) in [5.41, 5.74) is 0.677. The molecule has 1 saturated heterocycles. The van der Waals surface area contributed by atoms with Crippen molar-refractivity contribution in [2.45, 2.75) is 57.1 Å². The summed E-state index contributed by atoms with van der Waals surface area (Å²) >= 11 is 1.39. The Balaban J connectivity index is 1.86. The molecular weight excluding hydrogens is 346 g/mol. The van der Waals surface area contributed by atoms with Crippen molar-refractivity contribution in [2.24, 2.45) is 0 Å². The number of thioether (sulfide) groups is 1. The monoisotopic (exact) mass is 373 g/mol. The topological polar surface area (TPSA) is 55.2 Å². The zero-order valence-electron chi connectivity index (χ0n) is 15.6. The zero-order chi connectivity index (χ0) is 18.5. The molecule has 0 aliphatic carbocycles. The van der Waals surface area contributed by atoms with Crippen LogP contribution >= 0.6 is 11.8 Å². The molecular formula is C20H27N3O2S. The summed E-state index contributed by atoms with van der Waals surface area (Å²) in [5.74, 6) is 0.483. The third kappa shape index (κ3) is 4.11. The van der Waals surface area contributed by atoms with Gasteiger partial charge in [-0.25, -0.2) is 4.98 Å². The van der Waals surface area contributed by atoms with Crippen LogP contribution in [0.1, 0.15) is 52.0 Å². The van der Waals surface area contributed by atoms with Gasteiger partial charge in [0.1, 0.15) is 0 Å². The van der Waals surface area contributed by atoms with Crippen LogP contribution < -0.4 is 5.56 Å². The van der Waals surface area contributed by atoms with Crippen LogP contribution in [-0.2, 0) is 4.79 Å². The number of carbonyl (C=O) groups is 1. The molecule has 2 aromatic rings. The first kappa shape index (κ1) is 19.0. The van der Waals surface area contributed by atoms with Gasteiger partial charge in [0.25, 0.3) is 5.56 Å². The van der Waals surface area contributed by atoms with Gasteiger partial charge in [0, 0.05) is 19.1 Å². The van der Waals surface area contributed by atoms with Crippen molar-refractivity contribution in [3.63, 3.8) is 0 Å². The van der Waals surface area contributed by atoms with Gasteiger partial charge in [-0.1, -0.05) is 43.7 Å². The lowest BCUT2D eigenvalue weighted by molar-refractivity contribution is -0.128. The highest BCUT2D eigenvalue weighted by atomic mass is 32.2. The molecule has 1 aromatic heterocycles. The van der Waals surface area contributed by atoms with E-state index in [1.165, 1.54) is 24.6 Å². The van der Waals surface area contributed by atoms with Crippen LogP contribution in [0, 0.1) is 0 Å². The first-order valence-corrected chi connectivity index (χ1v) is 10.5. The number of aromatic nitrogens is 2. The van der Waals surface area contributed by atoms with Crippen LogP contribution in [0.3, 0.4) is 0 Å². The molecule has 140 valence electrons. The lowest BCUT2D eigenvalue weighted by Crippen LogP contribution is -2.33. The highest BCUT2D eigenvalue weighted by Gasteiger charge is 2.19. The zero-order valence-corrected chi connectivity index (χ0v) is 16.4. The molecule has 1 fully saturated rings. The van der Waals surface area contributed by atoms with Crippen LogP contribution in [-0.4, -0.2) is 39.2 Å². The molecule has 1 amide bonds. The fraction of sp³-hybridized carbons (Fsp3) is 0.550. The van der Waals surface area contributed by atoms with Crippen molar-refractivity contribution in [1.82, 2.24) is 14.5 Å². The number of nitrogens with zero attached hydrogens (tertiary/aromatic N) is 3. The second kappa shape index (κ2) is 8.71. The van der Waals surface area contributed by atoms with Crippen LogP contribution in [0.25, 0.3) is 10.9 Å². The molecule has 1 aliphatic heterocycles. The normalized spacial score (nSPS) is 16.5. The number of carbonyl (C=O) groups excluding carboxylic acids is 1. The molecule has 0 saturated carbocycles. The summed E-state index contributed by atoms with van der Waals surface area (Å²) in [5, 5.41) is 1.28. The SMILES string of the molecule is CC[C@H](C)n1c(SCC(=O)N2CCCCCC2)nc2ccccc2c1=O. The highest BCUT2D eigenvalue weighted by Crippen LogP contribution is 2.23. The number of likely N-dealkylation sites (tertiary alicyclic amines) is 1. The molecule has 26 heavy (non-hydrogen) atoms. The Kier molecular flexibility index (Phi) is 6.35. The minimum atomic E-state index is -0.0188. The molecule has 0 spiro atoms. The molecule has 2 heterocycles. The Morgan fingerprint density at radius 3 is 2.58 bits per heavy atom. The van der Waals surface area contributed by atoms with Gasteiger partial charge in [-0.3, -0.25) is 14.2 Å². The number of rotatable bonds is 5. The summed E-state index contributed by atoms with van der Waals surface area (Å²) in [4.78, 5) is 32.2. The number of fused-ring (bicyclic) bond motifs is 1. The summed E-state index contributed by atoms with van der Waals surface area (Å²) in [7, 11) is 0. The molecule has 1 aromatic carbocycles. The molecule has 5 nitrogen and oxygen atoms in total. The molecule has 0 bridgehead atoms. The second-order valence-corrected chi connectivity index (χ2v) is 7.87. The van der Waals surface area contributed by atoms with E-state index in [4.69, 9.17) is 4.98 Å². The van der Waals surface area contributed by atoms with Gasteiger partial charge in [0.2, 0.25) is 5.91 Å². The maximum Gasteiger partial charge on any atom is 0.262 e. The highest BCUT2D eigenvalue weighted by molar-refractivity contribution is 7.99. The third-order valence-electron chi connectivity index (χ3n) is 5.09. The van der Waals surface area contributed by atoms with Crippen LogP contribution in [0.5, 0.6) is 0 Å². The van der Waals surface area contributed by atoms with E-state index in [1.807, 2.05) is 36.1 Å². The lowest BCUT2D eigenvalue weighted by atomic mass is 10.2. The van der Waals surface area contributed by atoms with Crippen molar-refractivity contribution in [3.05, 3.63) is 34.6 Å². The van der Waals surface area contributed by atoms with E-state index in [-0.39, 0.29) is 17.5 Å². The lowest BCUT2D eigenvalue weighted by Gasteiger charge is -2.21. The summed E-state index contributed by atoms with van der Waals surface area (Å²) in [6.45, 7) is 5.78. The van der Waals surface area contributed by atoms with E-state index in [0.29, 0.717) is 21.8 Å². The minimum absolute atomic E-state index is 0.0188. The van der Waals surface area contributed by atoms with Gasteiger partial charge >= 0.3 is 0 Å². The summed E-state index contributed by atoms with van der Waals surface area (Å²) in [6, 6.07) is 7.48. The van der Waals surface area contributed by atoms with Crippen LogP contribution in [0.15, 0.2) is 34.2 Å². The minimum Gasteiger partial charge on any atom is -0.342 e. The Morgan fingerprint density at radius 1 is 1.19 bits per heavy atom. The number of benzene rings is 1. The molecule has 3 rings (SSSR count). The largest absolute Gasteiger partial charge is 0.342 e. The van der Waals surface area contributed by atoms with Crippen molar-refractivity contribution in [1.29, 1.82) is 0 Å². The average Bonchev–Trinajstić information content (AvgIpc) is 2.95. The van der Waals surface area contributed by atoms with E-state index >= 15 is 0 Å². The van der Waals surface area contributed by atoms with Gasteiger partial charge in [-0.05, 0) is 38.3 Å². The first-order valence-electron chi connectivity index (χ1n) is 9.53. The first-order chi connectivity index (χ1) is 12.6.